The van der Waals surface area contributed by atoms with Crippen LogP contribution in [0.3, 0.4) is 0 Å². The van der Waals surface area contributed by atoms with Gasteiger partial charge in [-0.25, -0.2) is 0 Å². The topological polar surface area (TPSA) is 41.5 Å². The van der Waals surface area contributed by atoms with E-state index < -0.39 is 0 Å². The molecule has 1 aliphatic rings. The van der Waals surface area contributed by atoms with Crippen LogP contribution < -0.4 is 10.1 Å². The van der Waals surface area contributed by atoms with Gasteiger partial charge in [0.1, 0.15) is 0 Å². The molecule has 0 spiro atoms. The molecule has 2 N–H and O–H groups in total. The normalized spacial score (nSPS) is 17.1. The lowest BCUT2D eigenvalue weighted by atomic mass is 10.0. The molecule has 0 bridgehead atoms. The van der Waals surface area contributed by atoms with Gasteiger partial charge in [-0.05, 0) is 50.9 Å². The standard InChI is InChI=1S/C13H19NO2/c1-3-16-12-8-10(4-5-11(12)15)9-13(14-2)6-7-13/h4-5,8,14-15H,3,6-7,9H2,1-2H3. The predicted molar refractivity (Wildman–Crippen MR) is 64.0 cm³/mol. The maximum Gasteiger partial charge on any atom is 0.161 e. The molecule has 88 valence electrons. The molecule has 1 saturated carbocycles. The van der Waals surface area contributed by atoms with Gasteiger partial charge in [-0.15, -0.1) is 0 Å². The number of phenols is 1. The highest BCUT2D eigenvalue weighted by Gasteiger charge is 2.40. The zero-order valence-electron chi connectivity index (χ0n) is 9.92. The van der Waals surface area contributed by atoms with Gasteiger partial charge < -0.3 is 15.2 Å². The highest BCUT2D eigenvalue weighted by molar-refractivity contribution is 5.42. The third kappa shape index (κ3) is 2.30. The molecule has 1 fully saturated rings. The minimum absolute atomic E-state index is 0.222. The molecule has 0 atom stereocenters. The second-order valence-corrected chi connectivity index (χ2v) is 4.44. The highest BCUT2D eigenvalue weighted by atomic mass is 16.5. The van der Waals surface area contributed by atoms with Crippen molar-refractivity contribution in [3.8, 4) is 11.5 Å². The monoisotopic (exact) mass is 221 g/mol. The Morgan fingerprint density at radius 2 is 2.19 bits per heavy atom. The van der Waals surface area contributed by atoms with Crippen molar-refractivity contribution in [2.75, 3.05) is 13.7 Å². The number of likely N-dealkylation sites (N-methyl/N-ethyl adjacent to an activating group) is 1. The van der Waals surface area contributed by atoms with Gasteiger partial charge in [0.2, 0.25) is 0 Å². The largest absolute Gasteiger partial charge is 0.504 e. The lowest BCUT2D eigenvalue weighted by Crippen LogP contribution is -2.29. The molecular weight excluding hydrogens is 202 g/mol. The van der Waals surface area contributed by atoms with Crippen molar-refractivity contribution in [1.29, 1.82) is 0 Å². The fourth-order valence-corrected chi connectivity index (χ4v) is 2.00. The summed E-state index contributed by atoms with van der Waals surface area (Å²) < 4.78 is 5.38. The van der Waals surface area contributed by atoms with E-state index in [9.17, 15) is 5.11 Å². The van der Waals surface area contributed by atoms with Crippen LogP contribution in [0.25, 0.3) is 0 Å². The summed E-state index contributed by atoms with van der Waals surface area (Å²) in [7, 11) is 2.01. The molecule has 3 heteroatoms. The third-order valence-electron chi connectivity index (χ3n) is 3.25. The molecule has 0 unspecified atom stereocenters. The van der Waals surface area contributed by atoms with Crippen LogP contribution in [0.15, 0.2) is 18.2 Å². The quantitative estimate of drug-likeness (QED) is 0.800. The van der Waals surface area contributed by atoms with Crippen molar-refractivity contribution in [3.05, 3.63) is 23.8 Å². The van der Waals surface area contributed by atoms with Gasteiger partial charge in [-0.2, -0.15) is 0 Å². The van der Waals surface area contributed by atoms with Crippen molar-refractivity contribution in [3.63, 3.8) is 0 Å². The van der Waals surface area contributed by atoms with E-state index >= 15 is 0 Å². The summed E-state index contributed by atoms with van der Waals surface area (Å²) in [5.74, 6) is 0.812. The molecule has 3 nitrogen and oxygen atoms in total. The van der Waals surface area contributed by atoms with Crippen LogP contribution in [0, 0.1) is 0 Å². The number of hydrogen-bond donors (Lipinski definition) is 2. The fourth-order valence-electron chi connectivity index (χ4n) is 2.00. The average molecular weight is 221 g/mol. The van der Waals surface area contributed by atoms with E-state index in [2.05, 4.69) is 5.32 Å². The molecule has 1 aromatic rings. The van der Waals surface area contributed by atoms with Crippen LogP contribution in [0.1, 0.15) is 25.3 Å². The molecule has 0 heterocycles. The summed E-state index contributed by atoms with van der Waals surface area (Å²) in [4.78, 5) is 0. The van der Waals surface area contributed by atoms with Gasteiger partial charge >= 0.3 is 0 Å². The van der Waals surface area contributed by atoms with E-state index in [4.69, 9.17) is 4.74 Å². The molecular formula is C13H19NO2. The van der Waals surface area contributed by atoms with E-state index in [1.165, 1.54) is 18.4 Å². The Hall–Kier alpha value is -1.22. The van der Waals surface area contributed by atoms with Gasteiger partial charge in [0.15, 0.2) is 11.5 Å². The van der Waals surface area contributed by atoms with Gasteiger partial charge in [-0.1, -0.05) is 6.07 Å². The Bertz CT molecular complexity index is 372. The van der Waals surface area contributed by atoms with Crippen LogP contribution in [0.4, 0.5) is 0 Å². The maximum atomic E-state index is 9.60. The van der Waals surface area contributed by atoms with E-state index in [0.29, 0.717) is 17.9 Å². The highest BCUT2D eigenvalue weighted by Crippen LogP contribution is 2.39. The Labute approximate surface area is 96.4 Å². The van der Waals surface area contributed by atoms with E-state index in [1.54, 1.807) is 6.07 Å². The first kappa shape index (κ1) is 11.3. The maximum absolute atomic E-state index is 9.60. The predicted octanol–water partition coefficient (Wildman–Crippen LogP) is 2.09. The lowest BCUT2D eigenvalue weighted by Gasteiger charge is -2.15. The minimum atomic E-state index is 0.222. The molecule has 0 aliphatic heterocycles. The van der Waals surface area contributed by atoms with Crippen LogP contribution in [0.2, 0.25) is 0 Å². The SMILES string of the molecule is CCOc1cc(CC2(NC)CC2)ccc1O. The van der Waals surface area contributed by atoms with Crippen LogP contribution in [-0.2, 0) is 6.42 Å². The summed E-state index contributed by atoms with van der Waals surface area (Å²) in [6.45, 7) is 2.50. The number of rotatable bonds is 5. The molecule has 0 aromatic heterocycles. The van der Waals surface area contributed by atoms with Crippen LogP contribution in [0.5, 0.6) is 11.5 Å². The Kier molecular flexibility index (Phi) is 3.06. The third-order valence-corrected chi connectivity index (χ3v) is 3.25. The van der Waals surface area contributed by atoms with Gasteiger partial charge in [-0.3, -0.25) is 0 Å². The van der Waals surface area contributed by atoms with Gasteiger partial charge in [0.05, 0.1) is 6.61 Å². The second kappa shape index (κ2) is 4.34. The molecule has 1 aliphatic carbocycles. The summed E-state index contributed by atoms with van der Waals surface area (Å²) in [5.41, 5.74) is 1.51. The zero-order valence-corrected chi connectivity index (χ0v) is 9.92. The Morgan fingerprint density at radius 3 is 2.75 bits per heavy atom. The number of hydrogen-bond acceptors (Lipinski definition) is 3. The number of nitrogens with one attached hydrogen (secondary N) is 1. The van der Waals surface area contributed by atoms with Crippen LogP contribution in [-0.4, -0.2) is 24.3 Å². The Morgan fingerprint density at radius 1 is 1.44 bits per heavy atom. The summed E-state index contributed by atoms with van der Waals surface area (Å²) in [6, 6.07) is 5.62. The lowest BCUT2D eigenvalue weighted by molar-refractivity contribution is 0.317. The molecule has 1 aromatic carbocycles. The number of benzene rings is 1. The first-order valence-corrected chi connectivity index (χ1v) is 5.83. The first-order valence-electron chi connectivity index (χ1n) is 5.83. The zero-order chi connectivity index (χ0) is 11.6. The van der Waals surface area contributed by atoms with E-state index in [-0.39, 0.29) is 5.75 Å². The second-order valence-electron chi connectivity index (χ2n) is 4.44. The van der Waals surface area contributed by atoms with Crippen LogP contribution >= 0.6 is 0 Å². The average Bonchev–Trinajstić information content (AvgIpc) is 3.04. The number of ether oxygens (including phenoxy) is 1. The molecule has 2 rings (SSSR count). The van der Waals surface area contributed by atoms with Gasteiger partial charge in [0.25, 0.3) is 0 Å². The summed E-state index contributed by atoms with van der Waals surface area (Å²) in [6.07, 6.45) is 3.46. The van der Waals surface area contributed by atoms with Crippen molar-refractivity contribution in [2.45, 2.75) is 31.7 Å². The molecule has 0 amide bonds. The number of aromatic hydroxyl groups is 1. The van der Waals surface area contributed by atoms with Gasteiger partial charge in [0, 0.05) is 5.54 Å². The van der Waals surface area contributed by atoms with Crippen molar-refractivity contribution >= 4 is 0 Å². The summed E-state index contributed by atoms with van der Waals surface area (Å²) in [5, 5.41) is 13.0. The van der Waals surface area contributed by atoms with E-state index in [1.807, 2.05) is 26.1 Å². The van der Waals surface area contributed by atoms with Crippen molar-refractivity contribution in [2.24, 2.45) is 0 Å². The van der Waals surface area contributed by atoms with Crippen molar-refractivity contribution < 1.29 is 9.84 Å². The van der Waals surface area contributed by atoms with Crippen molar-refractivity contribution in [1.82, 2.24) is 5.32 Å². The molecule has 0 radical (unpaired) electrons. The smallest absolute Gasteiger partial charge is 0.161 e. The summed E-state index contributed by atoms with van der Waals surface area (Å²) >= 11 is 0. The fraction of sp³-hybridized carbons (Fsp3) is 0.538. The Balaban J connectivity index is 2.12. The number of phenolic OH excluding ortho intramolecular Hbond substituents is 1. The molecule has 0 saturated heterocycles. The molecule has 16 heavy (non-hydrogen) atoms. The first-order chi connectivity index (χ1) is 7.69. The minimum Gasteiger partial charge on any atom is -0.504 e. The van der Waals surface area contributed by atoms with E-state index in [0.717, 1.165) is 6.42 Å².